The summed E-state index contributed by atoms with van der Waals surface area (Å²) in [4.78, 5) is 12.2. The molecule has 1 aromatic rings. The second-order valence-electron chi connectivity index (χ2n) is 5.49. The number of rotatable bonds is 5. The highest BCUT2D eigenvalue weighted by atomic mass is 16.1. The Morgan fingerprint density at radius 3 is 2.44 bits per heavy atom. The van der Waals surface area contributed by atoms with Gasteiger partial charge >= 0.3 is 0 Å². The quantitative estimate of drug-likeness (QED) is 0.836. The van der Waals surface area contributed by atoms with Crippen molar-refractivity contribution in [2.24, 2.45) is 11.1 Å². The number of benzene rings is 1. The van der Waals surface area contributed by atoms with Crippen molar-refractivity contribution < 1.29 is 4.79 Å². The molecule has 1 fully saturated rings. The molecule has 0 atom stereocenters. The van der Waals surface area contributed by atoms with Gasteiger partial charge in [0.2, 0.25) is 0 Å². The van der Waals surface area contributed by atoms with Crippen LogP contribution in [0.15, 0.2) is 18.2 Å². The van der Waals surface area contributed by atoms with Gasteiger partial charge in [0.25, 0.3) is 5.91 Å². The predicted octanol–water partition coefficient (Wildman–Crippen LogP) is 2.16. The van der Waals surface area contributed by atoms with E-state index < -0.39 is 0 Å². The van der Waals surface area contributed by atoms with Crippen LogP contribution in [0.3, 0.4) is 0 Å². The van der Waals surface area contributed by atoms with Gasteiger partial charge in [-0.1, -0.05) is 18.2 Å². The van der Waals surface area contributed by atoms with E-state index in [1.54, 1.807) is 0 Å². The molecule has 3 N–H and O–H groups in total. The third kappa shape index (κ3) is 2.72. The highest BCUT2D eigenvalue weighted by Crippen LogP contribution is 2.47. The molecule has 1 saturated carbocycles. The SMILES string of the molecule is Cc1cccc(C)c1C(=O)NCC1(CCN)CC1. The van der Waals surface area contributed by atoms with Crippen LogP contribution < -0.4 is 11.1 Å². The Balaban J connectivity index is 2.00. The van der Waals surface area contributed by atoms with Crippen molar-refractivity contribution in [2.45, 2.75) is 33.1 Å². The van der Waals surface area contributed by atoms with Crippen LogP contribution in [0.5, 0.6) is 0 Å². The molecule has 0 aliphatic heterocycles. The summed E-state index contributed by atoms with van der Waals surface area (Å²) < 4.78 is 0. The molecule has 0 radical (unpaired) electrons. The van der Waals surface area contributed by atoms with E-state index in [4.69, 9.17) is 5.73 Å². The lowest BCUT2D eigenvalue weighted by atomic mass is 10.0. The van der Waals surface area contributed by atoms with E-state index in [9.17, 15) is 4.79 Å². The number of carbonyl (C=O) groups is 1. The average molecular weight is 246 g/mol. The Morgan fingerprint density at radius 1 is 1.33 bits per heavy atom. The first-order valence-corrected chi connectivity index (χ1v) is 6.62. The third-order valence-corrected chi connectivity index (χ3v) is 3.96. The van der Waals surface area contributed by atoms with Gasteiger partial charge in [0.05, 0.1) is 0 Å². The second kappa shape index (κ2) is 5.11. The maximum atomic E-state index is 12.2. The molecule has 0 unspecified atom stereocenters. The van der Waals surface area contributed by atoms with Crippen LogP contribution >= 0.6 is 0 Å². The molecule has 0 bridgehead atoms. The summed E-state index contributed by atoms with van der Waals surface area (Å²) in [6.07, 6.45) is 3.40. The molecule has 0 saturated heterocycles. The van der Waals surface area contributed by atoms with Crippen molar-refractivity contribution in [3.63, 3.8) is 0 Å². The lowest BCUT2D eigenvalue weighted by Crippen LogP contribution is -2.32. The van der Waals surface area contributed by atoms with Gasteiger partial charge in [0, 0.05) is 12.1 Å². The van der Waals surface area contributed by atoms with Gasteiger partial charge in [0.15, 0.2) is 0 Å². The van der Waals surface area contributed by atoms with Crippen molar-refractivity contribution in [3.8, 4) is 0 Å². The first kappa shape index (κ1) is 13.1. The maximum Gasteiger partial charge on any atom is 0.251 e. The van der Waals surface area contributed by atoms with Gasteiger partial charge in [-0.05, 0) is 56.2 Å². The Bertz CT molecular complexity index is 430. The van der Waals surface area contributed by atoms with E-state index in [0.29, 0.717) is 12.0 Å². The van der Waals surface area contributed by atoms with Crippen LogP contribution in [-0.4, -0.2) is 19.0 Å². The van der Waals surface area contributed by atoms with Gasteiger partial charge in [-0.15, -0.1) is 0 Å². The molecular weight excluding hydrogens is 224 g/mol. The fourth-order valence-electron chi connectivity index (χ4n) is 2.53. The average Bonchev–Trinajstić information content (AvgIpc) is 3.07. The Kier molecular flexibility index (Phi) is 3.71. The predicted molar refractivity (Wildman–Crippen MR) is 73.6 cm³/mol. The number of hydrogen-bond acceptors (Lipinski definition) is 2. The van der Waals surface area contributed by atoms with E-state index in [1.165, 1.54) is 12.8 Å². The summed E-state index contributed by atoms with van der Waals surface area (Å²) in [5.41, 5.74) is 8.80. The van der Waals surface area contributed by atoms with Crippen molar-refractivity contribution in [1.29, 1.82) is 0 Å². The number of aryl methyl sites for hydroxylation is 2. The minimum absolute atomic E-state index is 0.0499. The summed E-state index contributed by atoms with van der Waals surface area (Å²) in [7, 11) is 0. The largest absolute Gasteiger partial charge is 0.351 e. The van der Waals surface area contributed by atoms with Crippen LogP contribution in [0.4, 0.5) is 0 Å². The second-order valence-corrected chi connectivity index (χ2v) is 5.49. The van der Waals surface area contributed by atoms with Gasteiger partial charge < -0.3 is 11.1 Å². The van der Waals surface area contributed by atoms with Gasteiger partial charge in [-0.2, -0.15) is 0 Å². The highest BCUT2D eigenvalue weighted by molar-refractivity contribution is 5.97. The molecule has 1 aliphatic carbocycles. The molecule has 3 nitrogen and oxygen atoms in total. The number of amides is 1. The number of nitrogens with one attached hydrogen (secondary N) is 1. The van der Waals surface area contributed by atoms with Crippen LogP contribution in [-0.2, 0) is 0 Å². The molecule has 1 aliphatic rings. The summed E-state index contributed by atoms with van der Waals surface area (Å²) in [5, 5.41) is 3.07. The summed E-state index contributed by atoms with van der Waals surface area (Å²) in [6.45, 7) is 5.43. The topological polar surface area (TPSA) is 55.1 Å². The number of nitrogens with two attached hydrogens (primary N) is 1. The number of carbonyl (C=O) groups excluding carboxylic acids is 1. The van der Waals surface area contributed by atoms with Gasteiger partial charge in [-0.25, -0.2) is 0 Å². The fraction of sp³-hybridized carbons (Fsp3) is 0.533. The minimum Gasteiger partial charge on any atom is -0.351 e. The van der Waals surface area contributed by atoms with Crippen molar-refractivity contribution in [3.05, 3.63) is 34.9 Å². The van der Waals surface area contributed by atoms with Crippen LogP contribution in [0, 0.1) is 19.3 Å². The monoisotopic (exact) mass is 246 g/mol. The molecule has 2 rings (SSSR count). The number of hydrogen-bond donors (Lipinski definition) is 2. The van der Waals surface area contributed by atoms with Gasteiger partial charge in [0.1, 0.15) is 0 Å². The molecule has 0 aromatic heterocycles. The van der Waals surface area contributed by atoms with E-state index in [2.05, 4.69) is 5.32 Å². The molecule has 98 valence electrons. The first-order valence-electron chi connectivity index (χ1n) is 6.62. The molecule has 1 amide bonds. The van der Waals surface area contributed by atoms with Crippen LogP contribution in [0.2, 0.25) is 0 Å². The van der Waals surface area contributed by atoms with E-state index in [0.717, 1.165) is 29.7 Å². The molecule has 18 heavy (non-hydrogen) atoms. The van der Waals surface area contributed by atoms with E-state index >= 15 is 0 Å². The zero-order valence-electron chi connectivity index (χ0n) is 11.3. The van der Waals surface area contributed by atoms with Crippen molar-refractivity contribution in [2.75, 3.05) is 13.1 Å². The summed E-state index contributed by atoms with van der Waals surface area (Å²) in [6, 6.07) is 5.95. The summed E-state index contributed by atoms with van der Waals surface area (Å²) in [5.74, 6) is 0.0499. The molecule has 1 aromatic carbocycles. The van der Waals surface area contributed by atoms with Crippen LogP contribution in [0.1, 0.15) is 40.7 Å². The normalized spacial score (nSPS) is 16.4. The molecule has 0 heterocycles. The van der Waals surface area contributed by atoms with E-state index in [-0.39, 0.29) is 5.91 Å². The molecule has 0 spiro atoms. The zero-order chi connectivity index (χ0) is 13.2. The first-order chi connectivity index (χ1) is 8.58. The smallest absolute Gasteiger partial charge is 0.251 e. The lowest BCUT2D eigenvalue weighted by molar-refractivity contribution is 0.0943. The van der Waals surface area contributed by atoms with Crippen LogP contribution in [0.25, 0.3) is 0 Å². The lowest BCUT2D eigenvalue weighted by Gasteiger charge is -2.16. The fourth-order valence-corrected chi connectivity index (χ4v) is 2.53. The summed E-state index contributed by atoms with van der Waals surface area (Å²) >= 11 is 0. The van der Waals surface area contributed by atoms with Crippen molar-refractivity contribution in [1.82, 2.24) is 5.32 Å². The minimum atomic E-state index is 0.0499. The Hall–Kier alpha value is -1.35. The van der Waals surface area contributed by atoms with Gasteiger partial charge in [-0.3, -0.25) is 4.79 Å². The third-order valence-electron chi connectivity index (χ3n) is 3.96. The molecular formula is C15H22N2O. The van der Waals surface area contributed by atoms with E-state index in [1.807, 2.05) is 32.0 Å². The highest BCUT2D eigenvalue weighted by Gasteiger charge is 2.41. The molecule has 3 heteroatoms. The standard InChI is InChI=1S/C15H22N2O/c1-11-4-3-5-12(2)13(11)14(18)17-10-15(6-7-15)8-9-16/h3-5H,6-10,16H2,1-2H3,(H,17,18). The van der Waals surface area contributed by atoms with Crippen molar-refractivity contribution >= 4 is 5.91 Å². The zero-order valence-corrected chi connectivity index (χ0v) is 11.3. The Morgan fingerprint density at radius 2 is 1.94 bits per heavy atom. The Labute approximate surface area is 109 Å². The maximum absolute atomic E-state index is 12.2.